The van der Waals surface area contributed by atoms with Gasteiger partial charge in [-0.3, -0.25) is 9.63 Å². The molecule has 1 unspecified atom stereocenters. The lowest BCUT2D eigenvalue weighted by atomic mass is 9.95. The Kier molecular flexibility index (Phi) is 4.09. The summed E-state index contributed by atoms with van der Waals surface area (Å²) in [6.07, 6.45) is 1.52. The molecule has 0 aliphatic carbocycles. The molecule has 0 saturated carbocycles. The molecule has 0 N–H and O–H groups in total. The summed E-state index contributed by atoms with van der Waals surface area (Å²) >= 11 is 0. The van der Waals surface area contributed by atoms with Gasteiger partial charge in [0, 0.05) is 7.05 Å². The minimum Gasteiger partial charge on any atom is -0.339 e. The van der Waals surface area contributed by atoms with Crippen LogP contribution in [-0.4, -0.2) is 56.6 Å². The molecule has 0 aromatic heterocycles. The number of hydrogen-bond acceptors (Lipinski definition) is 4. The van der Waals surface area contributed by atoms with Crippen LogP contribution in [0.2, 0.25) is 0 Å². The first-order valence-corrected chi connectivity index (χ1v) is 4.53. The van der Waals surface area contributed by atoms with Gasteiger partial charge in [-0.25, -0.2) is 5.06 Å². The van der Waals surface area contributed by atoms with Crippen molar-refractivity contribution in [2.45, 2.75) is 6.42 Å². The van der Waals surface area contributed by atoms with Crippen LogP contribution in [0.25, 0.3) is 0 Å². The van der Waals surface area contributed by atoms with E-state index in [0.717, 1.165) is 19.2 Å². The highest BCUT2D eigenvalue weighted by Gasteiger charge is 2.30. The van der Waals surface area contributed by atoms with Crippen LogP contribution in [0.1, 0.15) is 6.42 Å². The molecule has 1 aliphatic heterocycles. The molecule has 1 aliphatic rings. The first kappa shape index (κ1) is 11.2. The van der Waals surface area contributed by atoms with Crippen molar-refractivity contribution >= 4 is 19.5 Å². The van der Waals surface area contributed by atoms with Gasteiger partial charge in [0.25, 0.3) is 7.41 Å². The molecule has 0 aromatic rings. The van der Waals surface area contributed by atoms with Gasteiger partial charge >= 0.3 is 0 Å². The van der Waals surface area contributed by atoms with Crippen molar-refractivity contribution in [1.82, 2.24) is 9.87 Å². The monoisotopic (exact) mass is 197 g/mol. The average molecular weight is 197 g/mol. The van der Waals surface area contributed by atoms with Crippen LogP contribution in [0.4, 0.5) is 0 Å². The lowest BCUT2D eigenvalue weighted by Crippen LogP contribution is -2.34. The van der Waals surface area contributed by atoms with Crippen molar-refractivity contribution in [3.63, 3.8) is 0 Å². The Hall–Kier alpha value is -0.875. The van der Waals surface area contributed by atoms with Gasteiger partial charge in [0.15, 0.2) is 0 Å². The van der Waals surface area contributed by atoms with Gasteiger partial charge < -0.3 is 9.61 Å². The second-order valence-corrected chi connectivity index (χ2v) is 3.28. The van der Waals surface area contributed by atoms with Crippen molar-refractivity contribution in [2.75, 3.05) is 27.2 Å². The summed E-state index contributed by atoms with van der Waals surface area (Å²) in [7, 11) is 4.52. The highest BCUT2D eigenvalue weighted by molar-refractivity contribution is 6.64. The van der Waals surface area contributed by atoms with E-state index in [9.17, 15) is 9.59 Å². The Morgan fingerprint density at radius 2 is 2.43 bits per heavy atom. The van der Waals surface area contributed by atoms with E-state index in [4.69, 9.17) is 4.84 Å². The number of hydrogen-bond donors (Lipinski definition) is 0. The van der Waals surface area contributed by atoms with Gasteiger partial charge in [-0.15, -0.1) is 0 Å². The van der Waals surface area contributed by atoms with E-state index in [1.54, 1.807) is 7.05 Å². The maximum absolute atomic E-state index is 11.6. The van der Waals surface area contributed by atoms with Crippen molar-refractivity contribution in [2.24, 2.45) is 5.92 Å². The molecule has 14 heavy (non-hydrogen) atoms. The summed E-state index contributed by atoms with van der Waals surface area (Å²) < 4.78 is 0. The number of carbonyl (C=O) groups is 2. The topological polar surface area (TPSA) is 49.9 Å². The molecule has 1 fully saturated rings. The summed E-state index contributed by atoms with van der Waals surface area (Å²) in [6, 6.07) is 0. The second-order valence-electron chi connectivity index (χ2n) is 3.28. The molecule has 1 saturated heterocycles. The van der Waals surface area contributed by atoms with Crippen LogP contribution < -0.4 is 0 Å². The molecular formula is C8H14BN2O3. The summed E-state index contributed by atoms with van der Waals surface area (Å²) in [6.45, 7) is 1.36. The summed E-state index contributed by atoms with van der Waals surface area (Å²) in [4.78, 5) is 28.5. The molecule has 0 bridgehead atoms. The molecule has 0 spiro atoms. The third-order valence-corrected chi connectivity index (χ3v) is 2.42. The lowest BCUT2D eigenvalue weighted by Gasteiger charge is -2.18. The first-order valence-electron chi connectivity index (χ1n) is 4.53. The quantitative estimate of drug-likeness (QED) is 0.334. The van der Waals surface area contributed by atoms with E-state index >= 15 is 0 Å². The summed E-state index contributed by atoms with van der Waals surface area (Å²) in [5.74, 6) is -0.0922. The van der Waals surface area contributed by atoms with Gasteiger partial charge in [0.2, 0.25) is 5.91 Å². The zero-order chi connectivity index (χ0) is 10.6. The van der Waals surface area contributed by atoms with Gasteiger partial charge in [0.1, 0.15) is 0 Å². The zero-order valence-corrected chi connectivity index (χ0v) is 8.47. The van der Waals surface area contributed by atoms with E-state index in [-0.39, 0.29) is 11.8 Å². The van der Waals surface area contributed by atoms with Crippen LogP contribution in [0.3, 0.4) is 0 Å². The highest BCUT2D eigenvalue weighted by atomic mass is 16.7. The number of nitrogens with zero attached hydrogens (tertiary/aromatic N) is 2. The Morgan fingerprint density at radius 3 is 3.00 bits per heavy atom. The molecule has 6 heteroatoms. The predicted molar refractivity (Wildman–Crippen MR) is 52.0 cm³/mol. The fourth-order valence-corrected chi connectivity index (χ4v) is 1.56. The molecular weight excluding hydrogens is 183 g/mol. The van der Waals surface area contributed by atoms with E-state index in [0.29, 0.717) is 6.54 Å². The van der Waals surface area contributed by atoms with Crippen LogP contribution in [-0.2, 0) is 14.4 Å². The maximum atomic E-state index is 11.6. The van der Waals surface area contributed by atoms with Crippen LogP contribution in [0.15, 0.2) is 0 Å². The lowest BCUT2D eigenvalue weighted by molar-refractivity contribution is -0.172. The number of rotatable bonds is 4. The number of amides is 1. The average Bonchev–Trinajstić information content (AvgIpc) is 2.64. The standard InChI is InChI=1S/C8H14BN2O3/c1-10(14-2)8(13)7-3-4-11(5-7)9-6-12/h6-7H,3-5H2,1-2H3. The van der Waals surface area contributed by atoms with Gasteiger partial charge in [-0.05, 0) is 19.5 Å². The minimum absolute atomic E-state index is 0.0331. The van der Waals surface area contributed by atoms with Crippen molar-refractivity contribution in [3.05, 3.63) is 0 Å². The first-order chi connectivity index (χ1) is 6.69. The van der Waals surface area contributed by atoms with Crippen LogP contribution in [0, 0.1) is 5.92 Å². The maximum Gasteiger partial charge on any atom is 0.293 e. The van der Waals surface area contributed by atoms with Crippen LogP contribution >= 0.6 is 0 Å². The fourth-order valence-electron chi connectivity index (χ4n) is 1.56. The van der Waals surface area contributed by atoms with Gasteiger partial charge in [-0.2, -0.15) is 0 Å². The van der Waals surface area contributed by atoms with Gasteiger partial charge in [0.05, 0.1) is 19.2 Å². The fraction of sp³-hybridized carbons (Fsp3) is 0.750. The third-order valence-electron chi connectivity index (χ3n) is 2.42. The van der Waals surface area contributed by atoms with E-state index in [1.807, 2.05) is 4.81 Å². The minimum atomic E-state index is -0.0591. The van der Waals surface area contributed by atoms with Gasteiger partial charge in [-0.1, -0.05) is 0 Å². The van der Waals surface area contributed by atoms with Crippen LogP contribution in [0.5, 0.6) is 0 Å². The Morgan fingerprint density at radius 1 is 1.71 bits per heavy atom. The van der Waals surface area contributed by atoms with E-state index in [1.165, 1.54) is 19.6 Å². The Balaban J connectivity index is 2.41. The Bertz CT molecular complexity index is 225. The molecule has 1 radical (unpaired) electrons. The molecule has 0 aromatic carbocycles. The highest BCUT2D eigenvalue weighted by Crippen LogP contribution is 2.16. The molecule has 1 atom stereocenters. The van der Waals surface area contributed by atoms with Crippen molar-refractivity contribution in [3.8, 4) is 0 Å². The van der Waals surface area contributed by atoms with E-state index < -0.39 is 0 Å². The summed E-state index contributed by atoms with van der Waals surface area (Å²) in [5, 5.41) is 1.23. The largest absolute Gasteiger partial charge is 0.339 e. The SMILES string of the molecule is CON(C)C(=O)C1CCN([B]C=O)C1. The normalized spacial score (nSPS) is 22.0. The molecule has 1 heterocycles. The molecule has 1 amide bonds. The smallest absolute Gasteiger partial charge is 0.293 e. The number of hydroxylamine groups is 2. The number of carbonyl (C=O) groups excluding carboxylic acids is 2. The predicted octanol–water partition coefficient (Wildman–Crippen LogP) is -0.862. The van der Waals surface area contributed by atoms with Crippen molar-refractivity contribution in [1.29, 1.82) is 0 Å². The molecule has 1 rings (SSSR count). The summed E-state index contributed by atoms with van der Waals surface area (Å²) in [5.41, 5.74) is 0. The zero-order valence-electron chi connectivity index (χ0n) is 8.47. The molecule has 5 nitrogen and oxygen atoms in total. The van der Waals surface area contributed by atoms with E-state index in [2.05, 4.69) is 0 Å². The molecule has 77 valence electrons. The second kappa shape index (κ2) is 5.12. The Labute approximate surface area is 84.2 Å². The van der Waals surface area contributed by atoms with Crippen molar-refractivity contribution < 1.29 is 14.4 Å². The third kappa shape index (κ3) is 2.56.